The molecule has 0 saturated carbocycles. The average Bonchev–Trinajstić information content (AvgIpc) is 2.85. The summed E-state index contributed by atoms with van der Waals surface area (Å²) in [4.78, 5) is 45.5. The molecule has 0 radical (unpaired) electrons. The summed E-state index contributed by atoms with van der Waals surface area (Å²) in [6, 6.07) is 3.28. The molecule has 0 aliphatic carbocycles. The zero-order valence-electron chi connectivity index (χ0n) is 22.0. The molecule has 0 spiro atoms. The quantitative estimate of drug-likeness (QED) is 0.516. The fraction of sp³-hybridized carbons (Fsp3) is 0.692. The largest absolute Gasteiger partial charge is 0.468 e. The van der Waals surface area contributed by atoms with Crippen molar-refractivity contribution < 1.29 is 23.9 Å². The number of carbonyl (C=O) groups is 3. The van der Waals surface area contributed by atoms with Gasteiger partial charge in [0, 0.05) is 25.3 Å². The van der Waals surface area contributed by atoms with Gasteiger partial charge < -0.3 is 25.4 Å². The summed E-state index contributed by atoms with van der Waals surface area (Å²) in [5.41, 5.74) is 7.19. The standard InChI is InChI=1S/C26H41N5O5/c1-26(2,3)36-25(34)31-15-6-8-18-11-12-20(29-22(18)31)10-7-14-30-13-5-9-19(17-30)23(32)28-16-21(27)24(33)35-4/h11-12,19,21H,5-10,13-17,27H2,1-4H3,(H,28,32). The molecule has 3 N–H and O–H groups in total. The molecule has 2 unspecified atom stereocenters. The number of nitrogens with one attached hydrogen (secondary N) is 1. The first-order valence-corrected chi connectivity index (χ1v) is 12.9. The number of anilines is 1. The molecular weight excluding hydrogens is 462 g/mol. The van der Waals surface area contributed by atoms with E-state index in [9.17, 15) is 14.4 Å². The highest BCUT2D eigenvalue weighted by Gasteiger charge is 2.29. The van der Waals surface area contributed by atoms with Gasteiger partial charge >= 0.3 is 12.1 Å². The van der Waals surface area contributed by atoms with E-state index in [2.05, 4.69) is 27.1 Å². The number of hydrogen-bond donors (Lipinski definition) is 2. The van der Waals surface area contributed by atoms with Gasteiger partial charge in [0.25, 0.3) is 0 Å². The molecule has 10 nitrogen and oxygen atoms in total. The van der Waals surface area contributed by atoms with E-state index in [1.165, 1.54) is 7.11 Å². The molecule has 1 saturated heterocycles. The Labute approximate surface area is 213 Å². The van der Waals surface area contributed by atoms with E-state index in [4.69, 9.17) is 15.5 Å². The van der Waals surface area contributed by atoms with Crippen LogP contribution in [-0.4, -0.2) is 79.3 Å². The fourth-order valence-corrected chi connectivity index (χ4v) is 4.66. The monoisotopic (exact) mass is 503 g/mol. The number of ether oxygens (including phenoxy) is 2. The molecule has 200 valence electrons. The molecule has 3 rings (SSSR count). The van der Waals surface area contributed by atoms with Crippen LogP contribution in [-0.2, 0) is 31.9 Å². The summed E-state index contributed by atoms with van der Waals surface area (Å²) in [5, 5.41) is 2.78. The summed E-state index contributed by atoms with van der Waals surface area (Å²) in [6.45, 7) is 8.79. The molecule has 3 heterocycles. The highest BCUT2D eigenvalue weighted by Crippen LogP contribution is 2.27. The maximum Gasteiger partial charge on any atom is 0.416 e. The smallest absolute Gasteiger partial charge is 0.416 e. The van der Waals surface area contributed by atoms with Crippen molar-refractivity contribution in [1.82, 2.24) is 15.2 Å². The summed E-state index contributed by atoms with van der Waals surface area (Å²) in [7, 11) is 1.28. The van der Waals surface area contributed by atoms with Crippen LogP contribution in [0.1, 0.15) is 57.7 Å². The predicted octanol–water partition coefficient (Wildman–Crippen LogP) is 2.03. The SMILES string of the molecule is COC(=O)C(N)CNC(=O)C1CCCN(CCCc2ccc3c(n2)N(C(=O)OC(C)(C)C)CCC3)C1. The number of aromatic nitrogens is 1. The molecule has 2 amide bonds. The van der Waals surface area contributed by atoms with Gasteiger partial charge in [0.05, 0.1) is 13.0 Å². The van der Waals surface area contributed by atoms with Crippen LogP contribution in [0.15, 0.2) is 12.1 Å². The lowest BCUT2D eigenvalue weighted by Crippen LogP contribution is -2.48. The number of fused-ring (bicyclic) bond motifs is 1. The second-order valence-corrected chi connectivity index (χ2v) is 10.6. The molecular formula is C26H41N5O5. The van der Waals surface area contributed by atoms with Gasteiger partial charge in [0.15, 0.2) is 0 Å². The average molecular weight is 504 g/mol. The molecule has 0 bridgehead atoms. The van der Waals surface area contributed by atoms with Gasteiger partial charge in [-0.15, -0.1) is 0 Å². The second-order valence-electron chi connectivity index (χ2n) is 10.6. The van der Waals surface area contributed by atoms with Gasteiger partial charge in [0.2, 0.25) is 5.91 Å². The van der Waals surface area contributed by atoms with Crippen LogP contribution >= 0.6 is 0 Å². The van der Waals surface area contributed by atoms with Crippen molar-refractivity contribution in [3.63, 3.8) is 0 Å². The van der Waals surface area contributed by atoms with E-state index >= 15 is 0 Å². The minimum atomic E-state index is -0.853. The Morgan fingerprint density at radius 1 is 1.22 bits per heavy atom. The number of hydrogen-bond acceptors (Lipinski definition) is 8. The first kappa shape index (κ1) is 27.9. The van der Waals surface area contributed by atoms with E-state index in [1.807, 2.05) is 20.8 Å². The zero-order valence-corrected chi connectivity index (χ0v) is 22.0. The third-order valence-corrected chi connectivity index (χ3v) is 6.49. The topological polar surface area (TPSA) is 127 Å². The number of aryl methyl sites for hydroxylation is 2. The number of amides is 2. The van der Waals surface area contributed by atoms with Crippen LogP contribution in [0.3, 0.4) is 0 Å². The number of nitrogens with two attached hydrogens (primary N) is 1. The number of pyridine rings is 1. The number of carbonyl (C=O) groups excluding carboxylic acids is 3. The third kappa shape index (κ3) is 7.89. The Morgan fingerprint density at radius 2 is 2.00 bits per heavy atom. The van der Waals surface area contributed by atoms with Gasteiger partial charge in [0.1, 0.15) is 17.5 Å². The van der Waals surface area contributed by atoms with Crippen LogP contribution in [0.4, 0.5) is 10.6 Å². The van der Waals surface area contributed by atoms with E-state index in [0.29, 0.717) is 18.9 Å². The van der Waals surface area contributed by atoms with Crippen molar-refractivity contribution in [2.75, 3.05) is 44.7 Å². The minimum Gasteiger partial charge on any atom is -0.468 e. The lowest BCUT2D eigenvalue weighted by atomic mass is 9.96. The van der Waals surface area contributed by atoms with Crippen LogP contribution in [0.25, 0.3) is 0 Å². The Kier molecular flexibility index (Phi) is 9.67. The lowest BCUT2D eigenvalue weighted by Gasteiger charge is -2.32. The van der Waals surface area contributed by atoms with Crippen LogP contribution in [0.2, 0.25) is 0 Å². The van der Waals surface area contributed by atoms with Crippen LogP contribution in [0, 0.1) is 5.92 Å². The van der Waals surface area contributed by atoms with E-state index in [1.54, 1.807) is 4.90 Å². The molecule has 1 fully saturated rings. The Bertz CT molecular complexity index is 932. The molecule has 36 heavy (non-hydrogen) atoms. The summed E-state index contributed by atoms with van der Waals surface area (Å²) in [6.07, 6.45) is 4.91. The Balaban J connectivity index is 1.50. The number of nitrogens with zero attached hydrogens (tertiary/aromatic N) is 3. The van der Waals surface area contributed by atoms with Crippen molar-refractivity contribution in [3.05, 3.63) is 23.4 Å². The third-order valence-electron chi connectivity index (χ3n) is 6.49. The minimum absolute atomic E-state index is 0.0716. The first-order valence-electron chi connectivity index (χ1n) is 12.9. The number of rotatable bonds is 8. The van der Waals surface area contributed by atoms with Gasteiger partial charge in [-0.05, 0) is 84.0 Å². The Morgan fingerprint density at radius 3 is 2.72 bits per heavy atom. The van der Waals surface area contributed by atoms with Crippen LogP contribution in [0.5, 0.6) is 0 Å². The molecule has 2 atom stereocenters. The maximum atomic E-state index is 12.7. The number of esters is 1. The molecule has 1 aromatic heterocycles. The number of piperidine rings is 1. The van der Waals surface area contributed by atoms with Gasteiger partial charge in [-0.25, -0.2) is 9.78 Å². The molecule has 10 heteroatoms. The molecule has 1 aromatic rings. The van der Waals surface area contributed by atoms with Gasteiger partial charge in [-0.2, -0.15) is 0 Å². The lowest BCUT2D eigenvalue weighted by molar-refractivity contribution is -0.142. The van der Waals surface area contributed by atoms with Gasteiger partial charge in [-0.3, -0.25) is 14.5 Å². The van der Waals surface area contributed by atoms with E-state index in [0.717, 1.165) is 62.9 Å². The van der Waals surface area contributed by atoms with Crippen molar-refractivity contribution in [1.29, 1.82) is 0 Å². The normalized spacial score (nSPS) is 19.2. The number of likely N-dealkylation sites (tertiary alicyclic amines) is 1. The van der Waals surface area contributed by atoms with E-state index in [-0.39, 0.29) is 24.5 Å². The van der Waals surface area contributed by atoms with Crippen molar-refractivity contribution in [2.24, 2.45) is 11.7 Å². The van der Waals surface area contributed by atoms with Crippen LogP contribution < -0.4 is 16.0 Å². The number of methoxy groups -OCH3 is 1. The second kappa shape index (κ2) is 12.5. The van der Waals surface area contributed by atoms with E-state index < -0.39 is 17.6 Å². The molecule has 0 aromatic carbocycles. The first-order chi connectivity index (χ1) is 17.1. The highest BCUT2D eigenvalue weighted by atomic mass is 16.6. The predicted molar refractivity (Wildman–Crippen MR) is 137 cm³/mol. The Hall–Kier alpha value is -2.72. The van der Waals surface area contributed by atoms with Crippen molar-refractivity contribution in [2.45, 2.75) is 70.9 Å². The fourth-order valence-electron chi connectivity index (χ4n) is 4.66. The summed E-state index contributed by atoms with van der Waals surface area (Å²) >= 11 is 0. The van der Waals surface area contributed by atoms with Crippen molar-refractivity contribution >= 4 is 23.8 Å². The zero-order chi connectivity index (χ0) is 26.3. The van der Waals surface area contributed by atoms with Gasteiger partial charge in [-0.1, -0.05) is 6.07 Å². The highest BCUT2D eigenvalue weighted by molar-refractivity contribution is 5.88. The molecule has 2 aliphatic rings. The van der Waals surface area contributed by atoms with Crippen molar-refractivity contribution in [3.8, 4) is 0 Å². The summed E-state index contributed by atoms with van der Waals surface area (Å²) in [5.74, 6) is -0.0102. The maximum absolute atomic E-state index is 12.7. The summed E-state index contributed by atoms with van der Waals surface area (Å²) < 4.78 is 10.2. The molecule has 2 aliphatic heterocycles.